The molecule has 1 aromatic heterocycles. The zero-order valence-electron chi connectivity index (χ0n) is 18.1. The van der Waals surface area contributed by atoms with Gasteiger partial charge in [-0.1, -0.05) is 6.07 Å². The second kappa shape index (κ2) is 8.23. The molecule has 0 radical (unpaired) electrons. The number of nitrogens with zero attached hydrogens (tertiary/aromatic N) is 1. The first-order valence-corrected chi connectivity index (χ1v) is 11.5. The average Bonchev–Trinajstić information content (AvgIpc) is 3.44. The summed E-state index contributed by atoms with van der Waals surface area (Å²) < 4.78 is 57.5. The third-order valence-corrected chi connectivity index (χ3v) is 6.86. The number of H-pyrrole nitrogens is 1. The lowest BCUT2D eigenvalue weighted by molar-refractivity contribution is -0.166. The molecule has 0 aliphatic heterocycles. The van der Waals surface area contributed by atoms with Gasteiger partial charge < -0.3 is 20.8 Å². The van der Waals surface area contributed by atoms with Gasteiger partial charge in [-0.15, -0.1) is 0 Å². The van der Waals surface area contributed by atoms with Crippen molar-refractivity contribution in [3.8, 4) is 0 Å². The quantitative estimate of drug-likeness (QED) is 0.476. The van der Waals surface area contributed by atoms with E-state index in [0.29, 0.717) is 17.3 Å². The van der Waals surface area contributed by atoms with Gasteiger partial charge in [0.2, 0.25) is 11.8 Å². The molecule has 10 heteroatoms. The predicted molar refractivity (Wildman–Crippen MR) is 113 cm³/mol. The number of ether oxygens (including phenoxy) is 1. The largest absolute Gasteiger partial charge is 0.376 e. The van der Waals surface area contributed by atoms with E-state index in [1.54, 1.807) is 0 Å². The van der Waals surface area contributed by atoms with Gasteiger partial charge in [0, 0.05) is 32.1 Å². The lowest BCUT2D eigenvalue weighted by Gasteiger charge is -2.35. The van der Waals surface area contributed by atoms with Crippen molar-refractivity contribution < 1.29 is 27.1 Å². The van der Waals surface area contributed by atoms with Gasteiger partial charge in [-0.3, -0.25) is 4.79 Å². The summed E-state index contributed by atoms with van der Waals surface area (Å²) in [5.41, 5.74) is 8.53. The van der Waals surface area contributed by atoms with E-state index in [1.165, 1.54) is 0 Å². The van der Waals surface area contributed by atoms with Crippen molar-refractivity contribution in [2.45, 2.75) is 75.0 Å². The molecule has 3 saturated carbocycles. The topological polar surface area (TPSA) is 93.0 Å². The maximum absolute atomic E-state index is 13.1. The Hall–Kier alpha value is -2.20. The minimum Gasteiger partial charge on any atom is -0.376 e. The molecule has 2 aromatic rings. The minimum absolute atomic E-state index is 0.0917. The maximum atomic E-state index is 13.1. The van der Waals surface area contributed by atoms with E-state index in [1.807, 2.05) is 18.2 Å². The molecule has 33 heavy (non-hydrogen) atoms. The number of aromatic amines is 1. The van der Waals surface area contributed by atoms with E-state index < -0.39 is 24.0 Å². The summed E-state index contributed by atoms with van der Waals surface area (Å²) >= 11 is 0. The van der Waals surface area contributed by atoms with Crippen LogP contribution >= 0.6 is 0 Å². The SMILES string of the molecule is N[C@@H](COC1CC(F)(F)C1)c1nc2ccc([C@H](NC(=O)CC3CC(F)(F)C3)C3CC3)cc2[nH]1. The Morgan fingerprint density at radius 1 is 1.18 bits per heavy atom. The number of amides is 1. The fourth-order valence-corrected chi connectivity index (χ4v) is 4.79. The number of alkyl halides is 4. The lowest BCUT2D eigenvalue weighted by atomic mass is 9.79. The monoisotopic (exact) mass is 468 g/mol. The van der Waals surface area contributed by atoms with Gasteiger partial charge in [0.1, 0.15) is 5.82 Å². The Balaban J connectivity index is 1.21. The molecule has 1 aromatic carbocycles. The molecular formula is C23H28F4N4O2. The summed E-state index contributed by atoms with van der Waals surface area (Å²) in [7, 11) is 0. The van der Waals surface area contributed by atoms with Gasteiger partial charge in [0.15, 0.2) is 0 Å². The van der Waals surface area contributed by atoms with E-state index in [-0.39, 0.29) is 56.6 Å². The number of hydrogen-bond donors (Lipinski definition) is 3. The number of nitrogens with two attached hydrogens (primary N) is 1. The van der Waals surface area contributed by atoms with E-state index >= 15 is 0 Å². The van der Waals surface area contributed by atoms with Crippen molar-refractivity contribution >= 4 is 16.9 Å². The van der Waals surface area contributed by atoms with E-state index in [9.17, 15) is 22.4 Å². The molecule has 4 N–H and O–H groups in total. The van der Waals surface area contributed by atoms with Crippen LogP contribution in [0.3, 0.4) is 0 Å². The highest BCUT2D eigenvalue weighted by molar-refractivity contribution is 5.78. The number of carbonyl (C=O) groups is 1. The van der Waals surface area contributed by atoms with Gasteiger partial charge in [-0.05, 0) is 42.4 Å². The van der Waals surface area contributed by atoms with Crippen molar-refractivity contribution in [3.63, 3.8) is 0 Å². The van der Waals surface area contributed by atoms with Gasteiger partial charge in [-0.25, -0.2) is 22.5 Å². The Labute approximate surface area is 188 Å². The van der Waals surface area contributed by atoms with E-state index in [2.05, 4.69) is 15.3 Å². The van der Waals surface area contributed by atoms with Gasteiger partial charge >= 0.3 is 0 Å². The minimum atomic E-state index is -2.64. The molecule has 0 spiro atoms. The highest BCUT2D eigenvalue weighted by Crippen LogP contribution is 2.45. The Morgan fingerprint density at radius 3 is 2.52 bits per heavy atom. The Morgan fingerprint density at radius 2 is 1.88 bits per heavy atom. The molecule has 180 valence electrons. The zero-order valence-corrected chi connectivity index (χ0v) is 18.1. The summed E-state index contributed by atoms with van der Waals surface area (Å²) in [6, 6.07) is 4.93. The van der Waals surface area contributed by atoms with Crippen molar-refractivity contribution in [1.82, 2.24) is 15.3 Å². The average molecular weight is 468 g/mol. The highest BCUT2D eigenvalue weighted by atomic mass is 19.3. The number of carbonyl (C=O) groups excluding carboxylic acids is 1. The van der Waals surface area contributed by atoms with Gasteiger partial charge in [0.25, 0.3) is 5.92 Å². The number of halogens is 4. The molecule has 0 bridgehead atoms. The summed E-state index contributed by atoms with van der Waals surface area (Å²) in [6.07, 6.45) is 0.659. The first-order valence-electron chi connectivity index (χ1n) is 11.5. The molecule has 6 nitrogen and oxygen atoms in total. The van der Waals surface area contributed by atoms with Crippen LogP contribution in [0.15, 0.2) is 18.2 Å². The predicted octanol–water partition coefficient (Wildman–Crippen LogP) is 4.38. The first kappa shape index (κ1) is 22.6. The molecule has 3 aliphatic rings. The molecule has 0 saturated heterocycles. The molecule has 1 amide bonds. The van der Waals surface area contributed by atoms with E-state index in [0.717, 1.165) is 23.9 Å². The fourth-order valence-electron chi connectivity index (χ4n) is 4.79. The molecule has 3 fully saturated rings. The zero-order chi connectivity index (χ0) is 23.4. The summed E-state index contributed by atoms with van der Waals surface area (Å²) in [4.78, 5) is 20.1. The lowest BCUT2D eigenvalue weighted by Crippen LogP contribution is -2.42. The highest BCUT2D eigenvalue weighted by Gasteiger charge is 2.47. The Bertz CT molecular complexity index is 1020. The van der Waals surface area contributed by atoms with Crippen molar-refractivity contribution in [2.75, 3.05) is 6.61 Å². The smallest absolute Gasteiger partial charge is 0.253 e. The molecule has 2 atom stereocenters. The number of hydrogen-bond acceptors (Lipinski definition) is 4. The van der Waals surface area contributed by atoms with Gasteiger partial charge in [-0.2, -0.15) is 0 Å². The second-order valence-corrected chi connectivity index (χ2v) is 9.94. The van der Waals surface area contributed by atoms with Crippen LogP contribution in [0.2, 0.25) is 0 Å². The van der Waals surface area contributed by atoms with Crippen LogP contribution in [0.5, 0.6) is 0 Å². The van der Waals surface area contributed by atoms with Gasteiger partial charge in [0.05, 0.1) is 35.8 Å². The van der Waals surface area contributed by atoms with Crippen LogP contribution < -0.4 is 11.1 Å². The van der Waals surface area contributed by atoms with Crippen LogP contribution in [-0.4, -0.2) is 40.4 Å². The number of rotatable bonds is 9. The van der Waals surface area contributed by atoms with Crippen LogP contribution in [-0.2, 0) is 9.53 Å². The van der Waals surface area contributed by atoms with Crippen LogP contribution in [0.4, 0.5) is 17.6 Å². The van der Waals surface area contributed by atoms with E-state index in [4.69, 9.17) is 10.5 Å². The maximum Gasteiger partial charge on any atom is 0.253 e. The van der Waals surface area contributed by atoms with Crippen molar-refractivity contribution in [1.29, 1.82) is 0 Å². The molecule has 3 aliphatic carbocycles. The number of nitrogens with one attached hydrogen (secondary N) is 2. The van der Waals surface area contributed by atoms with Crippen LogP contribution in [0.1, 0.15) is 68.4 Å². The number of aromatic nitrogens is 2. The third-order valence-electron chi connectivity index (χ3n) is 6.86. The second-order valence-electron chi connectivity index (χ2n) is 9.94. The van der Waals surface area contributed by atoms with Crippen molar-refractivity contribution in [3.05, 3.63) is 29.6 Å². The number of benzene rings is 1. The number of fused-ring (bicyclic) bond motifs is 1. The van der Waals surface area contributed by atoms with Crippen LogP contribution in [0, 0.1) is 11.8 Å². The number of imidazole rings is 1. The first-order chi connectivity index (χ1) is 15.6. The molecule has 5 rings (SSSR count). The summed E-state index contributed by atoms with van der Waals surface area (Å²) in [6.45, 7) is 0.0917. The third kappa shape index (κ3) is 5.16. The normalized spacial score (nSPS) is 24.2. The summed E-state index contributed by atoms with van der Waals surface area (Å²) in [5, 5.41) is 3.04. The van der Waals surface area contributed by atoms with Crippen LogP contribution in [0.25, 0.3) is 11.0 Å². The standard InChI is InChI=1S/C23H28F4N4O2/c24-22(25)7-12(8-22)5-19(32)31-20(13-1-2-13)14-3-4-17-18(6-14)30-21(29-17)16(28)11-33-15-9-23(26,27)10-15/h3-4,6,12-13,15-16,20H,1-2,5,7-11,28H2,(H,29,30)(H,31,32)/t16-,20+/m0/s1. The summed E-state index contributed by atoms with van der Waals surface area (Å²) in [5.74, 6) is -4.88. The fraction of sp³-hybridized carbons (Fsp3) is 0.652. The molecular weight excluding hydrogens is 440 g/mol. The molecule has 0 unspecified atom stereocenters. The van der Waals surface area contributed by atoms with Crippen molar-refractivity contribution in [2.24, 2.45) is 17.6 Å². The Kier molecular flexibility index (Phi) is 5.63. The molecule has 1 heterocycles.